The lowest BCUT2D eigenvalue weighted by Gasteiger charge is -2.28. The summed E-state index contributed by atoms with van der Waals surface area (Å²) < 4.78 is 12.7. The highest BCUT2D eigenvalue weighted by Crippen LogP contribution is 2.29. The normalized spacial score (nSPS) is 21.3. The van der Waals surface area contributed by atoms with E-state index in [0.717, 1.165) is 25.2 Å². The van der Waals surface area contributed by atoms with Gasteiger partial charge >= 0.3 is 0 Å². The maximum absolute atomic E-state index is 5.67. The van der Waals surface area contributed by atoms with E-state index < -0.39 is 0 Å². The SMILES string of the molecule is COc1cc(N2CC[C@H](OC)[C@H]2Cc2cnn(C)c2)ncn1. The third-order valence-corrected chi connectivity index (χ3v) is 4.12. The Labute approximate surface area is 129 Å². The molecule has 2 aromatic rings. The fraction of sp³-hybridized carbons (Fsp3) is 0.533. The second-order valence-electron chi connectivity index (χ2n) is 5.47. The summed E-state index contributed by atoms with van der Waals surface area (Å²) >= 11 is 0. The molecular formula is C15H21N5O2. The van der Waals surface area contributed by atoms with E-state index in [4.69, 9.17) is 9.47 Å². The molecule has 0 spiro atoms. The maximum Gasteiger partial charge on any atom is 0.218 e. The van der Waals surface area contributed by atoms with Crippen molar-refractivity contribution in [3.8, 4) is 5.88 Å². The van der Waals surface area contributed by atoms with Crippen LogP contribution in [0.1, 0.15) is 12.0 Å². The molecule has 1 saturated heterocycles. The number of anilines is 1. The Morgan fingerprint density at radius 3 is 2.86 bits per heavy atom. The minimum absolute atomic E-state index is 0.182. The lowest BCUT2D eigenvalue weighted by Crippen LogP contribution is -2.38. The summed E-state index contributed by atoms with van der Waals surface area (Å²) in [5.41, 5.74) is 1.20. The van der Waals surface area contributed by atoms with E-state index in [1.807, 2.05) is 30.2 Å². The fourth-order valence-corrected chi connectivity index (χ4v) is 3.04. The van der Waals surface area contributed by atoms with Crippen molar-refractivity contribution < 1.29 is 9.47 Å². The van der Waals surface area contributed by atoms with Crippen molar-refractivity contribution in [2.75, 3.05) is 25.7 Å². The number of methoxy groups -OCH3 is 2. The fourth-order valence-electron chi connectivity index (χ4n) is 3.04. The van der Waals surface area contributed by atoms with Gasteiger partial charge in [-0.25, -0.2) is 9.97 Å². The van der Waals surface area contributed by atoms with Crippen molar-refractivity contribution in [3.05, 3.63) is 30.4 Å². The molecule has 2 aromatic heterocycles. The van der Waals surface area contributed by atoms with Crippen molar-refractivity contribution in [2.45, 2.75) is 25.0 Å². The lowest BCUT2D eigenvalue weighted by molar-refractivity contribution is 0.0953. The number of hydrogen-bond acceptors (Lipinski definition) is 6. The van der Waals surface area contributed by atoms with E-state index in [9.17, 15) is 0 Å². The first-order chi connectivity index (χ1) is 10.7. The monoisotopic (exact) mass is 303 g/mol. The Kier molecular flexibility index (Phi) is 4.24. The Morgan fingerprint density at radius 1 is 1.32 bits per heavy atom. The molecule has 1 aliphatic heterocycles. The van der Waals surface area contributed by atoms with Gasteiger partial charge in [-0.3, -0.25) is 4.68 Å². The van der Waals surface area contributed by atoms with E-state index in [2.05, 4.69) is 20.0 Å². The average molecular weight is 303 g/mol. The molecule has 0 saturated carbocycles. The number of aryl methyl sites for hydroxylation is 1. The van der Waals surface area contributed by atoms with Crippen LogP contribution >= 0.6 is 0 Å². The first-order valence-electron chi connectivity index (χ1n) is 7.34. The molecule has 1 fully saturated rings. The first-order valence-corrected chi connectivity index (χ1v) is 7.34. The molecule has 0 unspecified atom stereocenters. The summed E-state index contributed by atoms with van der Waals surface area (Å²) in [5.74, 6) is 1.45. The standard InChI is InChI=1S/C15H21N5O2/c1-19-9-11(8-18-19)6-12-13(21-2)4-5-20(12)14-7-15(22-3)17-10-16-14/h7-10,12-13H,4-6H2,1-3H3/t12-,13+/m1/s1. The molecule has 7 heteroatoms. The van der Waals surface area contributed by atoms with Crippen molar-refractivity contribution in [1.82, 2.24) is 19.7 Å². The van der Waals surface area contributed by atoms with Crippen molar-refractivity contribution in [2.24, 2.45) is 7.05 Å². The van der Waals surface area contributed by atoms with E-state index in [1.165, 1.54) is 11.9 Å². The highest BCUT2D eigenvalue weighted by Gasteiger charge is 2.35. The number of hydrogen-bond donors (Lipinski definition) is 0. The molecule has 0 aliphatic carbocycles. The van der Waals surface area contributed by atoms with E-state index in [1.54, 1.807) is 14.2 Å². The molecule has 1 aliphatic rings. The van der Waals surface area contributed by atoms with Gasteiger partial charge in [0.2, 0.25) is 5.88 Å². The summed E-state index contributed by atoms with van der Waals surface area (Å²) in [6.45, 7) is 0.906. The summed E-state index contributed by atoms with van der Waals surface area (Å²) in [7, 11) is 5.31. The third kappa shape index (κ3) is 2.89. The highest BCUT2D eigenvalue weighted by molar-refractivity contribution is 5.44. The average Bonchev–Trinajstić information content (AvgIpc) is 3.14. The molecule has 2 atom stereocenters. The van der Waals surface area contributed by atoms with Gasteiger partial charge in [0.25, 0.3) is 0 Å². The largest absolute Gasteiger partial charge is 0.481 e. The smallest absolute Gasteiger partial charge is 0.218 e. The van der Waals surface area contributed by atoms with Crippen LogP contribution in [0.2, 0.25) is 0 Å². The van der Waals surface area contributed by atoms with Gasteiger partial charge in [-0.1, -0.05) is 0 Å². The summed E-state index contributed by atoms with van der Waals surface area (Å²) in [6.07, 6.45) is 7.52. The van der Waals surface area contributed by atoms with Crippen molar-refractivity contribution in [1.29, 1.82) is 0 Å². The second-order valence-corrected chi connectivity index (χ2v) is 5.47. The molecule has 22 heavy (non-hydrogen) atoms. The summed E-state index contributed by atoms with van der Waals surface area (Å²) in [6, 6.07) is 2.10. The zero-order chi connectivity index (χ0) is 15.5. The van der Waals surface area contributed by atoms with Crippen LogP contribution in [0.5, 0.6) is 5.88 Å². The van der Waals surface area contributed by atoms with Crippen LogP contribution in [0.3, 0.4) is 0 Å². The summed E-state index contributed by atoms with van der Waals surface area (Å²) in [4.78, 5) is 10.7. The van der Waals surface area contributed by atoms with Crippen LogP contribution in [-0.4, -0.2) is 52.7 Å². The molecule has 3 heterocycles. The number of nitrogens with zero attached hydrogens (tertiary/aromatic N) is 5. The molecule has 0 amide bonds. The highest BCUT2D eigenvalue weighted by atomic mass is 16.5. The maximum atomic E-state index is 5.67. The minimum atomic E-state index is 0.182. The topological polar surface area (TPSA) is 65.3 Å². The minimum Gasteiger partial charge on any atom is -0.481 e. The Balaban J connectivity index is 1.84. The first kappa shape index (κ1) is 14.8. The van der Waals surface area contributed by atoms with E-state index in [0.29, 0.717) is 5.88 Å². The summed E-state index contributed by atoms with van der Waals surface area (Å²) in [5, 5.41) is 4.25. The van der Waals surface area contributed by atoms with Gasteiger partial charge < -0.3 is 14.4 Å². The van der Waals surface area contributed by atoms with Crippen LogP contribution < -0.4 is 9.64 Å². The van der Waals surface area contributed by atoms with Crippen LogP contribution in [0, 0.1) is 0 Å². The second kappa shape index (κ2) is 6.31. The van der Waals surface area contributed by atoms with Gasteiger partial charge in [0.05, 0.1) is 25.5 Å². The van der Waals surface area contributed by atoms with Crippen LogP contribution in [0.15, 0.2) is 24.8 Å². The van der Waals surface area contributed by atoms with E-state index in [-0.39, 0.29) is 12.1 Å². The molecule has 0 radical (unpaired) electrons. The molecule has 0 N–H and O–H groups in total. The van der Waals surface area contributed by atoms with Crippen molar-refractivity contribution >= 4 is 5.82 Å². The molecule has 7 nitrogen and oxygen atoms in total. The van der Waals surface area contributed by atoms with E-state index >= 15 is 0 Å². The predicted molar refractivity (Wildman–Crippen MR) is 82.0 cm³/mol. The lowest BCUT2D eigenvalue weighted by atomic mass is 10.0. The molecule has 0 aromatic carbocycles. The van der Waals surface area contributed by atoms with Crippen LogP contribution in [0.4, 0.5) is 5.82 Å². The quantitative estimate of drug-likeness (QED) is 0.823. The van der Waals surface area contributed by atoms with Gasteiger partial charge in [-0.2, -0.15) is 5.10 Å². The number of rotatable bonds is 5. The van der Waals surface area contributed by atoms with Crippen molar-refractivity contribution in [3.63, 3.8) is 0 Å². The van der Waals surface area contributed by atoms with Gasteiger partial charge in [0, 0.05) is 33.0 Å². The van der Waals surface area contributed by atoms with Gasteiger partial charge in [0.1, 0.15) is 12.1 Å². The predicted octanol–water partition coefficient (Wildman–Crippen LogP) is 1.06. The van der Waals surface area contributed by atoms with Crippen LogP contribution in [0.25, 0.3) is 0 Å². The third-order valence-electron chi connectivity index (χ3n) is 4.12. The zero-order valence-electron chi connectivity index (χ0n) is 13.1. The van der Waals surface area contributed by atoms with Gasteiger partial charge in [-0.05, 0) is 18.4 Å². The van der Waals surface area contributed by atoms with Gasteiger partial charge in [0.15, 0.2) is 0 Å². The molecule has 3 rings (SSSR count). The van der Waals surface area contributed by atoms with Crippen LogP contribution in [-0.2, 0) is 18.2 Å². The Hall–Kier alpha value is -2.15. The number of aromatic nitrogens is 4. The molecule has 0 bridgehead atoms. The molecule has 118 valence electrons. The number of ether oxygens (including phenoxy) is 2. The van der Waals surface area contributed by atoms with Gasteiger partial charge in [-0.15, -0.1) is 0 Å². The zero-order valence-corrected chi connectivity index (χ0v) is 13.1. The Morgan fingerprint density at radius 2 is 2.18 bits per heavy atom. The Bertz CT molecular complexity index is 630. The molecular weight excluding hydrogens is 282 g/mol.